The van der Waals surface area contributed by atoms with Crippen LogP contribution in [0.25, 0.3) is 0 Å². The van der Waals surface area contributed by atoms with E-state index in [0.717, 1.165) is 30.8 Å². The third-order valence-corrected chi connectivity index (χ3v) is 3.49. The summed E-state index contributed by atoms with van der Waals surface area (Å²) < 4.78 is 0. The molecule has 0 aliphatic carbocycles. The SMILES string of the molecule is CC(C)CCC(=O)Nc1ccccc1N1CCCC1=O. The van der Waals surface area contributed by atoms with Crippen LogP contribution in [0.3, 0.4) is 0 Å². The molecule has 0 atom stereocenters. The molecule has 1 saturated heterocycles. The number of benzene rings is 1. The van der Waals surface area contributed by atoms with E-state index in [9.17, 15) is 9.59 Å². The number of anilines is 2. The summed E-state index contributed by atoms with van der Waals surface area (Å²) in [5, 5.41) is 2.93. The number of nitrogens with zero attached hydrogens (tertiary/aromatic N) is 1. The Morgan fingerprint density at radius 2 is 2.10 bits per heavy atom. The Kier molecular flexibility index (Phi) is 4.77. The molecule has 1 fully saturated rings. The van der Waals surface area contributed by atoms with Crippen molar-refractivity contribution in [3.63, 3.8) is 0 Å². The Bertz CT molecular complexity index is 497. The zero-order valence-corrected chi connectivity index (χ0v) is 12.2. The van der Waals surface area contributed by atoms with E-state index in [0.29, 0.717) is 18.8 Å². The molecule has 1 N–H and O–H groups in total. The first kappa shape index (κ1) is 14.6. The molecular weight excluding hydrogens is 252 g/mol. The molecule has 0 radical (unpaired) electrons. The third kappa shape index (κ3) is 3.59. The van der Waals surface area contributed by atoms with Crippen molar-refractivity contribution in [3.8, 4) is 0 Å². The first-order valence-electron chi connectivity index (χ1n) is 7.27. The van der Waals surface area contributed by atoms with Gasteiger partial charge in [0.25, 0.3) is 0 Å². The van der Waals surface area contributed by atoms with Gasteiger partial charge >= 0.3 is 0 Å². The maximum Gasteiger partial charge on any atom is 0.227 e. The van der Waals surface area contributed by atoms with Crippen molar-refractivity contribution in [2.75, 3.05) is 16.8 Å². The number of hydrogen-bond acceptors (Lipinski definition) is 2. The van der Waals surface area contributed by atoms with Gasteiger partial charge in [0.1, 0.15) is 0 Å². The standard InChI is InChI=1S/C16H22N2O2/c1-12(2)9-10-15(19)17-13-6-3-4-7-14(13)18-11-5-8-16(18)20/h3-4,6-7,12H,5,8-11H2,1-2H3,(H,17,19). The van der Waals surface area contributed by atoms with E-state index in [-0.39, 0.29) is 11.8 Å². The van der Waals surface area contributed by atoms with Gasteiger partial charge in [-0.15, -0.1) is 0 Å². The van der Waals surface area contributed by atoms with Crippen molar-refractivity contribution in [3.05, 3.63) is 24.3 Å². The minimum Gasteiger partial charge on any atom is -0.324 e. The zero-order chi connectivity index (χ0) is 14.5. The van der Waals surface area contributed by atoms with Gasteiger partial charge in [-0.2, -0.15) is 0 Å². The molecule has 20 heavy (non-hydrogen) atoms. The van der Waals surface area contributed by atoms with Crippen LogP contribution >= 0.6 is 0 Å². The second-order valence-electron chi connectivity index (χ2n) is 5.65. The lowest BCUT2D eigenvalue weighted by Crippen LogP contribution is -2.25. The molecule has 2 rings (SSSR count). The Labute approximate surface area is 120 Å². The summed E-state index contributed by atoms with van der Waals surface area (Å²) in [6.07, 6.45) is 2.86. The molecule has 4 heteroatoms. The summed E-state index contributed by atoms with van der Waals surface area (Å²) in [4.78, 5) is 25.6. The highest BCUT2D eigenvalue weighted by Gasteiger charge is 2.24. The van der Waals surface area contributed by atoms with Gasteiger partial charge in [-0.05, 0) is 30.9 Å². The molecule has 1 aromatic carbocycles. The molecule has 4 nitrogen and oxygen atoms in total. The van der Waals surface area contributed by atoms with Crippen LogP contribution in [0.5, 0.6) is 0 Å². The molecule has 0 bridgehead atoms. The monoisotopic (exact) mass is 274 g/mol. The van der Waals surface area contributed by atoms with E-state index in [1.165, 1.54) is 0 Å². The van der Waals surface area contributed by atoms with Crippen LogP contribution < -0.4 is 10.2 Å². The lowest BCUT2D eigenvalue weighted by molar-refractivity contribution is -0.117. The highest BCUT2D eigenvalue weighted by atomic mass is 16.2. The quantitative estimate of drug-likeness (QED) is 0.896. The molecule has 1 heterocycles. The normalized spacial score (nSPS) is 14.9. The van der Waals surface area contributed by atoms with Gasteiger partial charge in [-0.3, -0.25) is 9.59 Å². The first-order valence-corrected chi connectivity index (χ1v) is 7.27. The van der Waals surface area contributed by atoms with Crippen LogP contribution in [0.1, 0.15) is 39.5 Å². The lowest BCUT2D eigenvalue weighted by Gasteiger charge is -2.20. The molecule has 1 aromatic rings. The molecule has 1 aliphatic heterocycles. The molecule has 0 spiro atoms. The zero-order valence-electron chi connectivity index (χ0n) is 12.2. The van der Waals surface area contributed by atoms with Crippen LogP contribution in [0, 0.1) is 5.92 Å². The van der Waals surface area contributed by atoms with E-state index in [4.69, 9.17) is 0 Å². The molecule has 108 valence electrons. The van der Waals surface area contributed by atoms with E-state index in [2.05, 4.69) is 19.2 Å². The van der Waals surface area contributed by atoms with Crippen molar-refractivity contribution in [1.29, 1.82) is 0 Å². The van der Waals surface area contributed by atoms with E-state index < -0.39 is 0 Å². The van der Waals surface area contributed by atoms with Gasteiger partial charge in [0.15, 0.2) is 0 Å². The number of amides is 2. The highest BCUT2D eigenvalue weighted by molar-refractivity contribution is 6.02. The topological polar surface area (TPSA) is 49.4 Å². The first-order chi connectivity index (χ1) is 9.58. The van der Waals surface area contributed by atoms with E-state index >= 15 is 0 Å². The summed E-state index contributed by atoms with van der Waals surface area (Å²) in [6.45, 7) is 4.94. The summed E-state index contributed by atoms with van der Waals surface area (Å²) in [7, 11) is 0. The van der Waals surface area contributed by atoms with Gasteiger partial charge in [0, 0.05) is 19.4 Å². The number of hydrogen-bond donors (Lipinski definition) is 1. The van der Waals surface area contributed by atoms with Crippen LogP contribution in [0.2, 0.25) is 0 Å². The molecule has 0 unspecified atom stereocenters. The average molecular weight is 274 g/mol. The summed E-state index contributed by atoms with van der Waals surface area (Å²) in [5.74, 6) is 0.655. The molecule has 0 saturated carbocycles. The van der Waals surface area contributed by atoms with Gasteiger partial charge in [0.05, 0.1) is 11.4 Å². The van der Waals surface area contributed by atoms with Crippen LogP contribution in [0.4, 0.5) is 11.4 Å². The fraction of sp³-hybridized carbons (Fsp3) is 0.500. The summed E-state index contributed by atoms with van der Waals surface area (Å²) in [6, 6.07) is 7.52. The Morgan fingerprint density at radius 1 is 1.35 bits per heavy atom. The lowest BCUT2D eigenvalue weighted by atomic mass is 10.1. The molecule has 1 aliphatic rings. The smallest absolute Gasteiger partial charge is 0.227 e. The van der Waals surface area contributed by atoms with E-state index in [1.54, 1.807) is 4.90 Å². The Hall–Kier alpha value is -1.84. The second kappa shape index (κ2) is 6.55. The third-order valence-electron chi connectivity index (χ3n) is 3.49. The van der Waals surface area contributed by atoms with Gasteiger partial charge in [-0.1, -0.05) is 26.0 Å². The van der Waals surface area contributed by atoms with Crippen molar-refractivity contribution in [2.24, 2.45) is 5.92 Å². The average Bonchev–Trinajstić information content (AvgIpc) is 2.83. The number of rotatable bonds is 5. The number of carbonyl (C=O) groups excluding carboxylic acids is 2. The van der Waals surface area contributed by atoms with Crippen LogP contribution in [0.15, 0.2) is 24.3 Å². The van der Waals surface area contributed by atoms with Crippen LogP contribution in [-0.4, -0.2) is 18.4 Å². The largest absolute Gasteiger partial charge is 0.324 e. The van der Waals surface area contributed by atoms with Crippen molar-refractivity contribution in [2.45, 2.75) is 39.5 Å². The van der Waals surface area contributed by atoms with Gasteiger partial charge < -0.3 is 10.2 Å². The Balaban J connectivity index is 2.08. The van der Waals surface area contributed by atoms with Crippen molar-refractivity contribution in [1.82, 2.24) is 0 Å². The summed E-state index contributed by atoms with van der Waals surface area (Å²) >= 11 is 0. The fourth-order valence-corrected chi connectivity index (χ4v) is 2.35. The summed E-state index contributed by atoms with van der Waals surface area (Å²) in [5.41, 5.74) is 1.55. The maximum absolute atomic E-state index is 12.0. The van der Waals surface area contributed by atoms with Gasteiger partial charge in [-0.25, -0.2) is 0 Å². The number of para-hydroxylation sites is 2. The minimum atomic E-state index is 0.0118. The fourth-order valence-electron chi connectivity index (χ4n) is 2.35. The molecule has 2 amide bonds. The number of nitrogens with one attached hydrogen (secondary N) is 1. The van der Waals surface area contributed by atoms with Crippen molar-refractivity contribution < 1.29 is 9.59 Å². The predicted molar refractivity (Wildman–Crippen MR) is 80.7 cm³/mol. The minimum absolute atomic E-state index is 0.0118. The highest BCUT2D eigenvalue weighted by Crippen LogP contribution is 2.29. The number of carbonyl (C=O) groups is 2. The maximum atomic E-state index is 12.0. The second-order valence-corrected chi connectivity index (χ2v) is 5.65. The van der Waals surface area contributed by atoms with Crippen molar-refractivity contribution >= 4 is 23.2 Å². The molecular formula is C16H22N2O2. The van der Waals surface area contributed by atoms with E-state index in [1.807, 2.05) is 24.3 Å². The molecule has 0 aromatic heterocycles. The Morgan fingerprint density at radius 3 is 2.75 bits per heavy atom. The predicted octanol–water partition coefficient (Wildman–Crippen LogP) is 3.19. The van der Waals surface area contributed by atoms with Gasteiger partial charge in [0.2, 0.25) is 11.8 Å². The van der Waals surface area contributed by atoms with Crippen LogP contribution in [-0.2, 0) is 9.59 Å².